The molecule has 0 unspecified atom stereocenters. The van der Waals surface area contributed by atoms with Gasteiger partial charge in [-0.1, -0.05) is 0 Å². The summed E-state index contributed by atoms with van der Waals surface area (Å²) in [5.41, 5.74) is 3.33. The van der Waals surface area contributed by atoms with Gasteiger partial charge in [0, 0.05) is 0 Å². The molecule has 126 valence electrons. The van der Waals surface area contributed by atoms with Gasteiger partial charge in [0.05, 0.1) is 0 Å². The second kappa shape index (κ2) is 8.61. The van der Waals surface area contributed by atoms with Crippen LogP contribution in [0.25, 0.3) is 20.3 Å². The summed E-state index contributed by atoms with van der Waals surface area (Å²) in [4.78, 5) is 21.8. The first-order valence-electron chi connectivity index (χ1n) is 8.09. The molecule has 0 radical (unpaired) electrons. The van der Waals surface area contributed by atoms with Gasteiger partial charge in [0.25, 0.3) is 0 Å². The Morgan fingerprint density at radius 2 is 1.92 bits per heavy atom. The molecule has 0 amide bonds. The predicted octanol–water partition coefficient (Wildman–Crippen LogP) is -1.95. The van der Waals surface area contributed by atoms with Crippen LogP contribution in [0.5, 0.6) is 0 Å². The quantitative estimate of drug-likeness (QED) is 0.449. The zero-order chi connectivity index (χ0) is 17.2. The molecule has 0 spiro atoms. The molecule has 0 bridgehead atoms. The van der Waals surface area contributed by atoms with E-state index in [2.05, 4.69) is 39.1 Å². The Bertz CT molecular complexity index is 877. The molecule has 2 aromatic heterocycles. The maximum absolute atomic E-state index is 10.7. The molecule has 1 saturated heterocycles. The predicted molar refractivity (Wildman–Crippen MR) is 93.6 cm³/mol. The Balaban J connectivity index is 0.00000196. The third-order valence-corrected chi connectivity index (χ3v) is 6.57. The van der Waals surface area contributed by atoms with Gasteiger partial charge in [-0.05, 0) is 0 Å². The number of hydrogen-bond acceptors (Lipinski definition) is 5. The molecule has 0 atom stereocenters. The normalized spacial score (nSPS) is 14.5. The van der Waals surface area contributed by atoms with Crippen LogP contribution in [0.15, 0.2) is 54.9 Å². The van der Waals surface area contributed by atoms with Crippen molar-refractivity contribution in [3.05, 3.63) is 60.4 Å². The molecule has 0 aliphatic carbocycles. The van der Waals surface area contributed by atoms with Crippen molar-refractivity contribution in [3.63, 3.8) is 0 Å². The van der Waals surface area contributed by atoms with Crippen molar-refractivity contribution < 1.29 is 39.5 Å². The van der Waals surface area contributed by atoms with E-state index in [9.17, 15) is 9.90 Å². The van der Waals surface area contributed by atoms with E-state index in [1.807, 2.05) is 24.4 Å². The molecule has 3 heterocycles. The SMILES string of the molecule is O=C([O-])C1CN(Cc2ccc(-c3cnc(-c4ccccn4)[se]3)cc2)C1.[Na+]. The zero-order valence-electron chi connectivity index (χ0n) is 14.5. The van der Waals surface area contributed by atoms with Gasteiger partial charge in [0.2, 0.25) is 0 Å². The standard InChI is InChI=1S/C19H17N3O2Se.Na/c23-19(24)15-11-22(12-15)10-13-4-6-14(7-5-13)17-9-21-18(25-17)16-3-1-2-8-20-16;/h1-9,15H,10-12H2,(H,23,24);/q;+1/p-1. The number of carboxylic acids is 1. The van der Waals surface area contributed by atoms with Crippen LogP contribution in [0.1, 0.15) is 5.56 Å². The first kappa shape index (κ1) is 19.5. The van der Waals surface area contributed by atoms with Crippen LogP contribution in [0, 0.1) is 5.92 Å². The molecule has 1 aromatic carbocycles. The van der Waals surface area contributed by atoms with E-state index < -0.39 is 5.97 Å². The van der Waals surface area contributed by atoms with Gasteiger partial charge in [-0.25, -0.2) is 0 Å². The summed E-state index contributed by atoms with van der Waals surface area (Å²) in [6, 6.07) is 14.3. The number of carbonyl (C=O) groups excluding carboxylic acids is 1. The molecule has 26 heavy (non-hydrogen) atoms. The molecule has 7 heteroatoms. The fraction of sp³-hybridized carbons (Fsp3) is 0.211. The minimum absolute atomic E-state index is 0. The van der Waals surface area contributed by atoms with Crippen LogP contribution in [0.3, 0.4) is 0 Å². The number of aromatic nitrogens is 2. The summed E-state index contributed by atoms with van der Waals surface area (Å²) in [7, 11) is 0. The molecule has 3 aromatic rings. The number of hydrogen-bond donors (Lipinski definition) is 0. The van der Waals surface area contributed by atoms with Gasteiger partial charge in [0.1, 0.15) is 0 Å². The van der Waals surface area contributed by atoms with Crippen molar-refractivity contribution in [1.29, 1.82) is 0 Å². The number of carbonyl (C=O) groups is 1. The summed E-state index contributed by atoms with van der Waals surface area (Å²) in [5.74, 6) is -1.25. The average molecular weight is 420 g/mol. The van der Waals surface area contributed by atoms with E-state index in [-0.39, 0.29) is 50.0 Å². The Kier molecular flexibility index (Phi) is 6.46. The van der Waals surface area contributed by atoms with E-state index in [1.165, 1.54) is 15.6 Å². The van der Waals surface area contributed by atoms with Crippen molar-refractivity contribution in [2.45, 2.75) is 6.54 Å². The molecule has 1 fully saturated rings. The molecular weight excluding hydrogens is 404 g/mol. The number of nitrogens with zero attached hydrogens (tertiary/aromatic N) is 3. The monoisotopic (exact) mass is 421 g/mol. The second-order valence-electron chi connectivity index (χ2n) is 6.15. The second-order valence-corrected chi connectivity index (χ2v) is 8.31. The summed E-state index contributed by atoms with van der Waals surface area (Å²) < 4.78 is 2.31. The Labute approximate surface area is 180 Å². The van der Waals surface area contributed by atoms with Crippen molar-refractivity contribution in [2.75, 3.05) is 13.1 Å². The Morgan fingerprint density at radius 3 is 2.58 bits per heavy atom. The van der Waals surface area contributed by atoms with Crippen molar-refractivity contribution in [1.82, 2.24) is 14.9 Å². The number of benzene rings is 1. The minimum Gasteiger partial charge on any atom is 1.00 e. The number of rotatable bonds is 5. The summed E-state index contributed by atoms with van der Waals surface area (Å²) >= 11 is 0.162. The third-order valence-electron chi connectivity index (χ3n) is 4.32. The number of pyridine rings is 1. The molecule has 4 rings (SSSR count). The number of aliphatic carboxylic acids is 1. The van der Waals surface area contributed by atoms with E-state index in [4.69, 9.17) is 0 Å². The summed E-state index contributed by atoms with van der Waals surface area (Å²) in [5, 5.41) is 10.7. The van der Waals surface area contributed by atoms with Crippen LogP contribution >= 0.6 is 0 Å². The average Bonchev–Trinajstić information content (AvgIpc) is 3.09. The topological polar surface area (TPSA) is 69.2 Å². The maximum atomic E-state index is 10.7. The number of carboxylic acid groups (broad SMARTS) is 1. The first-order chi connectivity index (χ1) is 12.2. The molecule has 1 aliphatic rings. The smallest absolute Gasteiger partial charge is 1.00 e. The van der Waals surface area contributed by atoms with Gasteiger partial charge in [-0.15, -0.1) is 0 Å². The van der Waals surface area contributed by atoms with Gasteiger partial charge in [-0.2, -0.15) is 0 Å². The Morgan fingerprint density at radius 1 is 1.15 bits per heavy atom. The van der Waals surface area contributed by atoms with Crippen molar-refractivity contribution in [3.8, 4) is 20.3 Å². The fourth-order valence-corrected chi connectivity index (χ4v) is 4.78. The molecule has 0 saturated carbocycles. The summed E-state index contributed by atoms with van der Waals surface area (Å²) in [6.45, 7) is 1.95. The van der Waals surface area contributed by atoms with Gasteiger partial charge >= 0.3 is 181 Å². The Hall–Kier alpha value is -1.27. The van der Waals surface area contributed by atoms with E-state index >= 15 is 0 Å². The van der Waals surface area contributed by atoms with Crippen LogP contribution in [0.4, 0.5) is 0 Å². The molecule has 1 aliphatic heterocycles. The first-order valence-corrected chi connectivity index (χ1v) is 9.80. The van der Waals surface area contributed by atoms with Gasteiger partial charge in [0.15, 0.2) is 0 Å². The number of likely N-dealkylation sites (tertiary alicyclic amines) is 1. The molecular formula is C19H16N3NaO2Se. The minimum atomic E-state index is -0.939. The largest absolute Gasteiger partial charge is 1.00 e. The van der Waals surface area contributed by atoms with Crippen LogP contribution < -0.4 is 34.7 Å². The maximum Gasteiger partial charge on any atom is 1.00 e. The van der Waals surface area contributed by atoms with Crippen LogP contribution in [-0.2, 0) is 11.3 Å². The van der Waals surface area contributed by atoms with Crippen molar-refractivity contribution in [2.24, 2.45) is 5.92 Å². The van der Waals surface area contributed by atoms with E-state index in [0.29, 0.717) is 13.1 Å². The van der Waals surface area contributed by atoms with Gasteiger partial charge < -0.3 is 0 Å². The fourth-order valence-electron chi connectivity index (χ4n) is 2.90. The molecule has 0 N–H and O–H groups in total. The van der Waals surface area contributed by atoms with E-state index in [0.717, 1.165) is 16.8 Å². The van der Waals surface area contributed by atoms with Gasteiger partial charge in [-0.3, -0.25) is 0 Å². The van der Waals surface area contributed by atoms with Crippen LogP contribution in [-0.4, -0.2) is 48.4 Å². The molecule has 5 nitrogen and oxygen atoms in total. The zero-order valence-corrected chi connectivity index (χ0v) is 18.2. The summed E-state index contributed by atoms with van der Waals surface area (Å²) in [6.07, 6.45) is 3.74. The third kappa shape index (κ3) is 4.34. The van der Waals surface area contributed by atoms with Crippen LogP contribution in [0.2, 0.25) is 0 Å². The van der Waals surface area contributed by atoms with E-state index in [1.54, 1.807) is 6.20 Å². The van der Waals surface area contributed by atoms with Crippen molar-refractivity contribution >= 4 is 20.5 Å².